The van der Waals surface area contributed by atoms with E-state index in [-0.39, 0.29) is 5.91 Å². The average molecular weight is 290 g/mol. The fourth-order valence-electron chi connectivity index (χ4n) is 2.46. The van der Waals surface area contributed by atoms with Crippen LogP contribution in [0.3, 0.4) is 0 Å². The third-order valence-electron chi connectivity index (χ3n) is 3.72. The maximum Gasteiger partial charge on any atom is 0.263 e. The second kappa shape index (κ2) is 7.46. The van der Waals surface area contributed by atoms with Crippen LogP contribution in [0, 0.1) is 0 Å². The molecule has 1 aromatic carbocycles. The number of ether oxygens (including phenoxy) is 1. The summed E-state index contributed by atoms with van der Waals surface area (Å²) in [5, 5.41) is 3.38. The van der Waals surface area contributed by atoms with Crippen molar-refractivity contribution in [3.8, 4) is 5.75 Å². The lowest BCUT2D eigenvalue weighted by Crippen LogP contribution is -2.38. The minimum Gasteiger partial charge on any atom is -0.481 e. The molecule has 0 saturated carbocycles. The van der Waals surface area contributed by atoms with Gasteiger partial charge >= 0.3 is 0 Å². The molecule has 1 heterocycles. The summed E-state index contributed by atoms with van der Waals surface area (Å²) in [6, 6.07) is 8.42. The smallest absolute Gasteiger partial charge is 0.263 e. The second-order valence-electron chi connectivity index (χ2n) is 5.97. The van der Waals surface area contributed by atoms with E-state index in [1.807, 2.05) is 36.1 Å². The number of nitrogens with zero attached hydrogens (tertiary/aromatic N) is 1. The van der Waals surface area contributed by atoms with E-state index in [4.69, 9.17) is 4.74 Å². The van der Waals surface area contributed by atoms with Crippen molar-refractivity contribution in [2.75, 3.05) is 13.1 Å². The monoisotopic (exact) mass is 290 g/mol. The van der Waals surface area contributed by atoms with Gasteiger partial charge in [-0.3, -0.25) is 4.79 Å². The van der Waals surface area contributed by atoms with E-state index in [0.717, 1.165) is 38.2 Å². The molecule has 1 N–H and O–H groups in total. The van der Waals surface area contributed by atoms with Crippen LogP contribution in [-0.4, -0.2) is 36.0 Å². The Bertz CT molecular complexity index is 450. The maximum atomic E-state index is 12.2. The molecule has 0 bridgehead atoms. The summed E-state index contributed by atoms with van der Waals surface area (Å²) in [6.07, 6.45) is 1.80. The first-order chi connectivity index (χ1) is 10.1. The van der Waals surface area contributed by atoms with Crippen LogP contribution >= 0.6 is 0 Å². The third-order valence-corrected chi connectivity index (χ3v) is 3.72. The number of carbonyl (C=O) groups is 1. The largest absolute Gasteiger partial charge is 0.481 e. The van der Waals surface area contributed by atoms with Gasteiger partial charge in [0.15, 0.2) is 6.10 Å². The maximum absolute atomic E-state index is 12.2. The van der Waals surface area contributed by atoms with E-state index in [9.17, 15) is 4.79 Å². The van der Waals surface area contributed by atoms with E-state index >= 15 is 0 Å². The summed E-state index contributed by atoms with van der Waals surface area (Å²) < 4.78 is 5.76. The molecule has 1 aliphatic rings. The van der Waals surface area contributed by atoms with Gasteiger partial charge in [0.25, 0.3) is 5.91 Å². The normalized spacial score (nSPS) is 16.3. The van der Waals surface area contributed by atoms with Gasteiger partial charge in [-0.1, -0.05) is 26.0 Å². The van der Waals surface area contributed by atoms with Gasteiger partial charge in [0.2, 0.25) is 0 Å². The minimum absolute atomic E-state index is 0.0954. The third kappa shape index (κ3) is 4.74. The Labute approximate surface area is 127 Å². The lowest BCUT2D eigenvalue weighted by molar-refractivity contribution is -0.136. The van der Waals surface area contributed by atoms with Gasteiger partial charge in [0, 0.05) is 25.7 Å². The molecule has 4 nitrogen and oxygen atoms in total. The van der Waals surface area contributed by atoms with Gasteiger partial charge in [-0.2, -0.15) is 0 Å². The molecule has 2 rings (SSSR count). The van der Waals surface area contributed by atoms with Crippen molar-refractivity contribution in [2.45, 2.75) is 52.3 Å². The highest BCUT2D eigenvalue weighted by molar-refractivity contribution is 5.81. The molecule has 0 aromatic heterocycles. The van der Waals surface area contributed by atoms with Crippen molar-refractivity contribution in [2.24, 2.45) is 0 Å². The van der Waals surface area contributed by atoms with E-state index in [0.29, 0.717) is 6.04 Å². The molecule has 116 valence electrons. The van der Waals surface area contributed by atoms with Crippen molar-refractivity contribution < 1.29 is 9.53 Å². The number of hydrogen-bond donors (Lipinski definition) is 1. The molecule has 21 heavy (non-hydrogen) atoms. The zero-order valence-electron chi connectivity index (χ0n) is 13.3. The quantitative estimate of drug-likeness (QED) is 0.875. The van der Waals surface area contributed by atoms with Gasteiger partial charge < -0.3 is 15.0 Å². The number of likely N-dealkylation sites (tertiary alicyclic amines) is 1. The van der Waals surface area contributed by atoms with Gasteiger partial charge in [-0.05, 0) is 37.5 Å². The highest BCUT2D eigenvalue weighted by atomic mass is 16.5. The molecular weight excluding hydrogens is 264 g/mol. The summed E-state index contributed by atoms with van der Waals surface area (Å²) in [5.74, 6) is 0.849. The molecule has 0 spiro atoms. The Kier molecular flexibility index (Phi) is 5.62. The second-order valence-corrected chi connectivity index (χ2v) is 5.97. The average Bonchev–Trinajstić information content (AvgIpc) is 2.99. The van der Waals surface area contributed by atoms with Crippen LogP contribution in [-0.2, 0) is 11.3 Å². The van der Waals surface area contributed by atoms with Gasteiger partial charge in [-0.15, -0.1) is 0 Å². The van der Waals surface area contributed by atoms with Crippen molar-refractivity contribution in [1.29, 1.82) is 0 Å². The molecule has 1 fully saturated rings. The van der Waals surface area contributed by atoms with Crippen LogP contribution in [0.5, 0.6) is 5.75 Å². The number of amides is 1. The highest BCUT2D eigenvalue weighted by Gasteiger charge is 2.24. The number of benzene rings is 1. The predicted octanol–water partition coefficient (Wildman–Crippen LogP) is 2.57. The molecule has 0 aliphatic carbocycles. The van der Waals surface area contributed by atoms with E-state index in [1.54, 1.807) is 0 Å². The minimum atomic E-state index is -0.414. The Morgan fingerprint density at radius 3 is 2.38 bits per heavy atom. The molecule has 1 saturated heterocycles. The molecule has 0 radical (unpaired) electrons. The number of nitrogens with one attached hydrogen (secondary N) is 1. The molecule has 1 amide bonds. The Hall–Kier alpha value is -1.55. The number of carbonyl (C=O) groups excluding carboxylic acids is 1. The van der Waals surface area contributed by atoms with E-state index in [1.165, 1.54) is 5.56 Å². The van der Waals surface area contributed by atoms with Crippen molar-refractivity contribution in [1.82, 2.24) is 10.2 Å². The fourth-order valence-corrected chi connectivity index (χ4v) is 2.46. The summed E-state index contributed by atoms with van der Waals surface area (Å²) in [7, 11) is 0. The predicted molar refractivity (Wildman–Crippen MR) is 84.3 cm³/mol. The van der Waals surface area contributed by atoms with E-state index < -0.39 is 6.10 Å². The summed E-state index contributed by atoms with van der Waals surface area (Å²) in [6.45, 7) is 8.67. The van der Waals surface area contributed by atoms with Gasteiger partial charge in [-0.25, -0.2) is 0 Å². The van der Waals surface area contributed by atoms with Crippen LogP contribution in [0.1, 0.15) is 39.2 Å². The summed E-state index contributed by atoms with van der Waals surface area (Å²) in [4.78, 5) is 14.1. The van der Waals surface area contributed by atoms with Crippen molar-refractivity contribution in [3.63, 3.8) is 0 Å². The zero-order valence-corrected chi connectivity index (χ0v) is 13.3. The lowest BCUT2D eigenvalue weighted by Gasteiger charge is -2.21. The molecule has 1 unspecified atom stereocenters. The first kappa shape index (κ1) is 15.8. The molecule has 1 atom stereocenters. The lowest BCUT2D eigenvalue weighted by atomic mass is 10.2. The van der Waals surface area contributed by atoms with Gasteiger partial charge in [0.1, 0.15) is 5.75 Å². The zero-order chi connectivity index (χ0) is 15.2. The van der Waals surface area contributed by atoms with Crippen LogP contribution in [0.4, 0.5) is 0 Å². The summed E-state index contributed by atoms with van der Waals surface area (Å²) >= 11 is 0. The van der Waals surface area contributed by atoms with Crippen molar-refractivity contribution >= 4 is 5.91 Å². The van der Waals surface area contributed by atoms with Crippen LogP contribution in [0.15, 0.2) is 24.3 Å². The number of rotatable bonds is 6. The molecule has 4 heteroatoms. The first-order valence-corrected chi connectivity index (χ1v) is 7.84. The Balaban J connectivity index is 1.85. The van der Waals surface area contributed by atoms with Crippen molar-refractivity contribution in [3.05, 3.63) is 29.8 Å². The van der Waals surface area contributed by atoms with Crippen LogP contribution in [0.2, 0.25) is 0 Å². The first-order valence-electron chi connectivity index (χ1n) is 7.84. The molecular formula is C17H26N2O2. The topological polar surface area (TPSA) is 41.6 Å². The number of hydrogen-bond acceptors (Lipinski definition) is 3. The standard InChI is InChI=1S/C17H26N2O2/c1-13(2)18-12-15-6-8-16(9-7-15)21-14(3)17(20)19-10-4-5-11-19/h6-9,13-14,18H,4-5,10-12H2,1-3H3. The van der Waals surface area contributed by atoms with Gasteiger partial charge in [0.05, 0.1) is 0 Å². The molecule has 1 aliphatic heterocycles. The molecule has 1 aromatic rings. The fraction of sp³-hybridized carbons (Fsp3) is 0.588. The SMILES string of the molecule is CC(C)NCc1ccc(OC(C)C(=O)N2CCCC2)cc1. The summed E-state index contributed by atoms with van der Waals surface area (Å²) in [5.41, 5.74) is 1.22. The van der Waals surface area contributed by atoms with Crippen LogP contribution in [0.25, 0.3) is 0 Å². The van der Waals surface area contributed by atoms with Crippen LogP contribution < -0.4 is 10.1 Å². The Morgan fingerprint density at radius 1 is 1.19 bits per heavy atom. The Morgan fingerprint density at radius 2 is 1.81 bits per heavy atom. The van der Waals surface area contributed by atoms with E-state index in [2.05, 4.69) is 19.2 Å². The highest BCUT2D eigenvalue weighted by Crippen LogP contribution is 2.16.